The number of rotatable bonds is 8. The van der Waals surface area contributed by atoms with Crippen LogP contribution in [0, 0.1) is 0 Å². The number of aromatic nitrogens is 3. The second kappa shape index (κ2) is 10.5. The quantitative estimate of drug-likeness (QED) is 0.372. The van der Waals surface area contributed by atoms with Gasteiger partial charge in [0, 0.05) is 41.4 Å². The monoisotopic (exact) mass is 487 g/mol. The SMILES string of the molecule is O=C(Nc1sc2c(c1C(=O)Nc1cccc(OCCn3cccn3)c1)CCCC2)c1cccnc1. The smallest absolute Gasteiger partial charge is 0.258 e. The van der Waals surface area contributed by atoms with Crippen LogP contribution < -0.4 is 15.4 Å². The maximum Gasteiger partial charge on any atom is 0.258 e. The fraction of sp³-hybridized carbons (Fsp3) is 0.231. The number of ether oxygens (including phenoxy) is 1. The Morgan fingerprint density at radius 3 is 2.77 bits per heavy atom. The van der Waals surface area contributed by atoms with Crippen LogP contribution in [0.2, 0.25) is 0 Å². The zero-order chi connectivity index (χ0) is 24.0. The van der Waals surface area contributed by atoms with E-state index < -0.39 is 0 Å². The van der Waals surface area contributed by atoms with Gasteiger partial charge in [-0.3, -0.25) is 19.3 Å². The summed E-state index contributed by atoms with van der Waals surface area (Å²) in [6, 6.07) is 12.6. The molecular formula is C26H25N5O3S. The highest BCUT2D eigenvalue weighted by Gasteiger charge is 2.26. The minimum atomic E-state index is -0.279. The van der Waals surface area contributed by atoms with Gasteiger partial charge in [-0.05, 0) is 61.6 Å². The number of hydrogen-bond donors (Lipinski definition) is 2. The van der Waals surface area contributed by atoms with Crippen LogP contribution in [0.4, 0.5) is 10.7 Å². The van der Waals surface area contributed by atoms with Crippen molar-refractivity contribution in [3.05, 3.63) is 88.8 Å². The second-order valence-corrected chi connectivity index (χ2v) is 9.32. The first kappa shape index (κ1) is 22.8. The summed E-state index contributed by atoms with van der Waals surface area (Å²) in [4.78, 5) is 31.4. The van der Waals surface area contributed by atoms with Crippen LogP contribution >= 0.6 is 11.3 Å². The van der Waals surface area contributed by atoms with Crippen LogP contribution in [-0.2, 0) is 19.4 Å². The number of nitrogens with one attached hydrogen (secondary N) is 2. The molecule has 35 heavy (non-hydrogen) atoms. The number of thiophene rings is 1. The summed E-state index contributed by atoms with van der Waals surface area (Å²) in [6.45, 7) is 1.09. The molecule has 0 radical (unpaired) electrons. The first-order chi connectivity index (χ1) is 17.2. The molecule has 0 unspecified atom stereocenters. The molecule has 2 amide bonds. The Balaban J connectivity index is 1.32. The maximum absolute atomic E-state index is 13.4. The van der Waals surface area contributed by atoms with E-state index in [0.717, 1.165) is 31.2 Å². The highest BCUT2D eigenvalue weighted by Crippen LogP contribution is 2.39. The second-order valence-electron chi connectivity index (χ2n) is 8.21. The maximum atomic E-state index is 13.4. The van der Waals surface area contributed by atoms with E-state index in [1.54, 1.807) is 35.3 Å². The van der Waals surface area contributed by atoms with Gasteiger partial charge in [0.25, 0.3) is 11.8 Å². The first-order valence-electron chi connectivity index (χ1n) is 11.5. The van der Waals surface area contributed by atoms with Crippen LogP contribution in [0.3, 0.4) is 0 Å². The summed E-state index contributed by atoms with van der Waals surface area (Å²) in [6.07, 6.45) is 10.6. The summed E-state index contributed by atoms with van der Waals surface area (Å²) < 4.78 is 7.63. The Bertz CT molecular complexity index is 1320. The van der Waals surface area contributed by atoms with Crippen LogP contribution in [0.1, 0.15) is 44.0 Å². The molecule has 0 saturated carbocycles. The fourth-order valence-electron chi connectivity index (χ4n) is 4.11. The van der Waals surface area contributed by atoms with Gasteiger partial charge >= 0.3 is 0 Å². The number of fused-ring (bicyclic) bond motifs is 1. The van der Waals surface area contributed by atoms with Gasteiger partial charge in [-0.25, -0.2) is 0 Å². The van der Waals surface area contributed by atoms with Gasteiger partial charge in [-0.15, -0.1) is 11.3 Å². The first-order valence-corrected chi connectivity index (χ1v) is 12.4. The van der Waals surface area contributed by atoms with Gasteiger partial charge in [0.05, 0.1) is 17.7 Å². The van der Waals surface area contributed by atoms with Crippen molar-refractivity contribution in [2.75, 3.05) is 17.2 Å². The Kier molecular flexibility index (Phi) is 6.85. The largest absolute Gasteiger partial charge is 0.492 e. The lowest BCUT2D eigenvalue weighted by Gasteiger charge is -2.14. The van der Waals surface area contributed by atoms with Crippen molar-refractivity contribution < 1.29 is 14.3 Å². The molecular weight excluding hydrogens is 462 g/mol. The van der Waals surface area contributed by atoms with E-state index in [2.05, 4.69) is 20.7 Å². The molecule has 0 atom stereocenters. The number of anilines is 2. The lowest BCUT2D eigenvalue weighted by Crippen LogP contribution is -2.18. The number of nitrogens with zero attached hydrogens (tertiary/aromatic N) is 3. The number of hydrogen-bond acceptors (Lipinski definition) is 6. The fourth-order valence-corrected chi connectivity index (χ4v) is 5.40. The number of amides is 2. The van der Waals surface area contributed by atoms with Crippen molar-refractivity contribution in [1.82, 2.24) is 14.8 Å². The number of benzene rings is 1. The van der Waals surface area contributed by atoms with E-state index in [-0.39, 0.29) is 11.8 Å². The molecule has 0 spiro atoms. The number of carbonyl (C=O) groups is 2. The number of pyridine rings is 1. The van der Waals surface area contributed by atoms with E-state index in [0.29, 0.717) is 40.7 Å². The molecule has 1 aliphatic carbocycles. The third kappa shape index (κ3) is 5.41. The van der Waals surface area contributed by atoms with Crippen molar-refractivity contribution in [2.24, 2.45) is 0 Å². The van der Waals surface area contributed by atoms with Crippen molar-refractivity contribution >= 4 is 33.8 Å². The van der Waals surface area contributed by atoms with Gasteiger partial charge in [0.2, 0.25) is 0 Å². The molecule has 2 N–H and O–H groups in total. The topological polar surface area (TPSA) is 98.1 Å². The molecule has 0 saturated heterocycles. The van der Waals surface area contributed by atoms with Crippen LogP contribution in [0.15, 0.2) is 67.3 Å². The van der Waals surface area contributed by atoms with Crippen LogP contribution in [0.5, 0.6) is 5.75 Å². The van der Waals surface area contributed by atoms with Crippen LogP contribution in [-0.4, -0.2) is 33.2 Å². The van der Waals surface area contributed by atoms with E-state index in [9.17, 15) is 9.59 Å². The highest BCUT2D eigenvalue weighted by molar-refractivity contribution is 7.17. The Morgan fingerprint density at radius 2 is 1.94 bits per heavy atom. The van der Waals surface area contributed by atoms with Crippen molar-refractivity contribution in [2.45, 2.75) is 32.2 Å². The minimum Gasteiger partial charge on any atom is -0.492 e. The highest BCUT2D eigenvalue weighted by atomic mass is 32.1. The van der Waals surface area contributed by atoms with E-state index in [1.807, 2.05) is 30.5 Å². The molecule has 8 nitrogen and oxygen atoms in total. The van der Waals surface area contributed by atoms with Crippen LogP contribution in [0.25, 0.3) is 0 Å². The molecule has 4 aromatic rings. The summed E-state index contributed by atoms with van der Waals surface area (Å²) >= 11 is 1.49. The molecule has 0 fully saturated rings. The predicted molar refractivity (Wildman–Crippen MR) is 135 cm³/mol. The molecule has 0 bridgehead atoms. The normalized spacial score (nSPS) is 12.6. The van der Waals surface area contributed by atoms with E-state index in [1.165, 1.54) is 22.4 Å². The van der Waals surface area contributed by atoms with Crippen molar-refractivity contribution in [3.63, 3.8) is 0 Å². The molecule has 0 aliphatic heterocycles. The molecule has 3 heterocycles. The van der Waals surface area contributed by atoms with Gasteiger partial charge in [-0.2, -0.15) is 5.10 Å². The Labute approximate surface area is 207 Å². The molecule has 5 rings (SSSR count). The Morgan fingerprint density at radius 1 is 1.03 bits per heavy atom. The van der Waals surface area contributed by atoms with Crippen molar-refractivity contribution in [3.8, 4) is 5.75 Å². The Hall–Kier alpha value is -3.98. The number of carbonyl (C=O) groups excluding carboxylic acids is 2. The van der Waals surface area contributed by atoms with Gasteiger partial charge in [0.15, 0.2) is 0 Å². The molecule has 9 heteroatoms. The summed E-state index contributed by atoms with van der Waals surface area (Å²) in [7, 11) is 0. The number of aryl methyl sites for hydroxylation is 1. The van der Waals surface area contributed by atoms with Crippen molar-refractivity contribution in [1.29, 1.82) is 0 Å². The van der Waals surface area contributed by atoms with Gasteiger partial charge in [-0.1, -0.05) is 6.07 Å². The zero-order valence-electron chi connectivity index (χ0n) is 19.1. The lowest BCUT2D eigenvalue weighted by molar-refractivity contribution is 0.102. The summed E-state index contributed by atoms with van der Waals surface area (Å²) in [5, 5.41) is 10.7. The van der Waals surface area contributed by atoms with Gasteiger partial charge < -0.3 is 15.4 Å². The average molecular weight is 488 g/mol. The summed E-state index contributed by atoms with van der Waals surface area (Å²) in [5.41, 5.74) is 2.66. The van der Waals surface area contributed by atoms with Gasteiger partial charge in [0.1, 0.15) is 17.4 Å². The predicted octanol–water partition coefficient (Wildman–Crippen LogP) is 4.80. The summed E-state index contributed by atoms with van der Waals surface area (Å²) in [5.74, 6) is 0.144. The molecule has 1 aromatic carbocycles. The third-order valence-corrected chi connectivity index (χ3v) is 7.00. The van der Waals surface area contributed by atoms with E-state index >= 15 is 0 Å². The zero-order valence-corrected chi connectivity index (χ0v) is 19.9. The molecule has 1 aliphatic rings. The third-order valence-electron chi connectivity index (χ3n) is 5.79. The standard InChI is InChI=1S/C26H25N5O3S/c32-24(18-6-4-11-27-17-18)30-26-23(21-9-1-2-10-22(21)35-26)25(33)29-19-7-3-8-20(16-19)34-15-14-31-13-5-12-28-31/h3-8,11-13,16-17H,1-2,9-10,14-15H2,(H,29,33)(H,30,32). The molecule has 178 valence electrons. The molecule has 3 aromatic heterocycles. The minimum absolute atomic E-state index is 0.237. The van der Waals surface area contributed by atoms with E-state index in [4.69, 9.17) is 4.74 Å². The average Bonchev–Trinajstić information content (AvgIpc) is 3.52. The lowest BCUT2D eigenvalue weighted by atomic mass is 9.95.